The summed E-state index contributed by atoms with van der Waals surface area (Å²) in [5, 5.41) is 8.93. The molecule has 1 aromatic heterocycles. The van der Waals surface area contributed by atoms with E-state index in [0.29, 0.717) is 22.5 Å². The second-order valence-corrected chi connectivity index (χ2v) is 4.76. The number of aromatic nitrogens is 1. The van der Waals surface area contributed by atoms with Crippen LogP contribution in [0.3, 0.4) is 0 Å². The molecule has 2 aromatic carbocycles. The van der Waals surface area contributed by atoms with E-state index in [4.69, 9.17) is 11.7 Å². The maximum atomic E-state index is 12.7. The third kappa shape index (κ3) is 2.72. The molecule has 0 aliphatic heterocycles. The minimum Gasteiger partial charge on any atom is -0.305 e. The van der Waals surface area contributed by atoms with Crippen LogP contribution in [0.25, 0.3) is 10.9 Å². The van der Waals surface area contributed by atoms with Gasteiger partial charge in [-0.15, -0.1) is 5.11 Å². The summed E-state index contributed by atoms with van der Waals surface area (Å²) in [6.45, 7) is 0. The molecule has 3 aromatic rings. The predicted octanol–water partition coefficient (Wildman–Crippen LogP) is 2.71. The Morgan fingerprint density at radius 1 is 1.04 bits per heavy atom. The predicted molar refractivity (Wildman–Crippen MR) is 87.9 cm³/mol. The second kappa shape index (κ2) is 6.20. The molecule has 4 N–H and O–H groups in total. The first-order valence-electron chi connectivity index (χ1n) is 6.85. The van der Waals surface area contributed by atoms with Gasteiger partial charge in [-0.05, 0) is 24.3 Å². The van der Waals surface area contributed by atoms with E-state index in [-0.39, 0.29) is 0 Å². The Morgan fingerprint density at radius 2 is 1.83 bits per heavy atom. The van der Waals surface area contributed by atoms with Gasteiger partial charge in [0, 0.05) is 11.6 Å². The van der Waals surface area contributed by atoms with Gasteiger partial charge in [-0.3, -0.25) is 9.78 Å². The van der Waals surface area contributed by atoms with E-state index in [1.807, 2.05) is 24.3 Å². The van der Waals surface area contributed by atoms with Gasteiger partial charge in [-0.2, -0.15) is 0 Å². The molecule has 7 heteroatoms. The number of nitrogens with two attached hydrogens (primary N) is 2. The van der Waals surface area contributed by atoms with Gasteiger partial charge in [0.2, 0.25) is 0 Å². The summed E-state index contributed by atoms with van der Waals surface area (Å²) in [4.78, 5) is 17.0. The van der Waals surface area contributed by atoms with Crippen LogP contribution in [0, 0.1) is 0 Å². The van der Waals surface area contributed by atoms with E-state index in [1.54, 1.807) is 36.5 Å². The normalized spacial score (nSPS) is 11.0. The molecule has 7 nitrogen and oxygen atoms in total. The van der Waals surface area contributed by atoms with Crippen LogP contribution in [0.4, 0.5) is 11.4 Å². The molecule has 0 aliphatic rings. The summed E-state index contributed by atoms with van der Waals surface area (Å²) in [5.41, 5.74) is 1.80. The van der Waals surface area contributed by atoms with Crippen LogP contribution in [0.2, 0.25) is 0 Å². The molecule has 0 fully saturated rings. The van der Waals surface area contributed by atoms with E-state index in [1.165, 1.54) is 0 Å². The number of rotatable bonds is 3. The van der Waals surface area contributed by atoms with Crippen molar-refractivity contribution in [3.8, 4) is 0 Å². The van der Waals surface area contributed by atoms with Crippen LogP contribution in [0.5, 0.6) is 0 Å². The fourth-order valence-electron chi connectivity index (χ4n) is 2.33. The van der Waals surface area contributed by atoms with Gasteiger partial charge in [0.05, 0.1) is 16.8 Å². The van der Waals surface area contributed by atoms with Crippen molar-refractivity contribution in [3.05, 3.63) is 66.4 Å². The molecule has 1 amide bonds. The summed E-state index contributed by atoms with van der Waals surface area (Å²) >= 11 is 0. The Labute approximate surface area is 132 Å². The third-order valence-electron chi connectivity index (χ3n) is 3.39. The van der Waals surface area contributed by atoms with E-state index >= 15 is 0 Å². The highest BCUT2D eigenvalue weighted by atomic mass is 16.2. The van der Waals surface area contributed by atoms with Crippen molar-refractivity contribution in [3.63, 3.8) is 0 Å². The molecule has 0 unspecified atom stereocenters. The summed E-state index contributed by atoms with van der Waals surface area (Å²) in [7, 11) is 0. The van der Waals surface area contributed by atoms with E-state index in [2.05, 4.69) is 15.3 Å². The number of pyridine rings is 1. The zero-order valence-electron chi connectivity index (χ0n) is 12.1. The number of amides is 1. The molecule has 23 heavy (non-hydrogen) atoms. The summed E-state index contributed by atoms with van der Waals surface area (Å²) in [6, 6.07) is 15.9. The molecule has 0 aliphatic carbocycles. The molecule has 0 saturated carbocycles. The van der Waals surface area contributed by atoms with Gasteiger partial charge >= 0.3 is 0 Å². The molecular formula is C16H14N6O. The van der Waals surface area contributed by atoms with Crippen LogP contribution >= 0.6 is 0 Å². The van der Waals surface area contributed by atoms with Crippen LogP contribution in [-0.2, 0) is 0 Å². The van der Waals surface area contributed by atoms with Crippen molar-refractivity contribution in [2.24, 2.45) is 22.0 Å². The Balaban J connectivity index is 2.06. The number of hydrogen-bond acceptors (Lipinski definition) is 5. The van der Waals surface area contributed by atoms with Gasteiger partial charge < -0.3 is 5.84 Å². The number of hydrazine groups is 1. The highest BCUT2D eigenvalue weighted by Crippen LogP contribution is 2.26. The lowest BCUT2D eigenvalue weighted by Crippen LogP contribution is -2.37. The molecule has 0 saturated heterocycles. The lowest BCUT2D eigenvalue weighted by Gasteiger charge is -2.18. The van der Waals surface area contributed by atoms with E-state index in [0.717, 1.165) is 10.4 Å². The van der Waals surface area contributed by atoms with Gasteiger partial charge in [-0.25, -0.2) is 10.9 Å². The Hall–Kier alpha value is -3.32. The molecule has 0 atom stereocenters. The zero-order valence-corrected chi connectivity index (χ0v) is 12.1. The monoisotopic (exact) mass is 306 g/mol. The quantitative estimate of drug-likeness (QED) is 0.335. The number of hydrogen-bond donors (Lipinski definition) is 2. The average molecular weight is 306 g/mol. The molecule has 114 valence electrons. The fourth-order valence-corrected chi connectivity index (χ4v) is 2.33. The van der Waals surface area contributed by atoms with Crippen molar-refractivity contribution in [2.45, 2.75) is 0 Å². The Bertz CT molecular complexity index is 887. The van der Waals surface area contributed by atoms with E-state index < -0.39 is 5.91 Å². The van der Waals surface area contributed by atoms with Crippen molar-refractivity contribution in [1.82, 2.24) is 4.98 Å². The Morgan fingerprint density at radius 3 is 2.65 bits per heavy atom. The third-order valence-corrected chi connectivity index (χ3v) is 3.39. The molecule has 3 rings (SSSR count). The summed E-state index contributed by atoms with van der Waals surface area (Å²) < 4.78 is 0. The SMILES string of the molecule is NN=Nc1ccccc1C(=O)N(N)c1cccc2cccnc12. The average Bonchev–Trinajstić information content (AvgIpc) is 2.61. The maximum absolute atomic E-state index is 12.7. The van der Waals surface area contributed by atoms with Crippen LogP contribution in [0.1, 0.15) is 10.4 Å². The lowest BCUT2D eigenvalue weighted by molar-refractivity contribution is 0.0987. The number of benzene rings is 2. The van der Waals surface area contributed by atoms with Crippen molar-refractivity contribution >= 4 is 28.2 Å². The topological polar surface area (TPSA) is 110 Å². The Kier molecular flexibility index (Phi) is 3.94. The molecule has 1 heterocycles. The first kappa shape index (κ1) is 14.6. The maximum Gasteiger partial charge on any atom is 0.274 e. The summed E-state index contributed by atoms with van der Waals surface area (Å²) in [5.74, 6) is 10.7. The summed E-state index contributed by atoms with van der Waals surface area (Å²) in [6.07, 6.45) is 1.65. The molecule has 0 spiro atoms. The second-order valence-electron chi connectivity index (χ2n) is 4.76. The smallest absolute Gasteiger partial charge is 0.274 e. The van der Waals surface area contributed by atoms with Crippen LogP contribution < -0.4 is 16.7 Å². The zero-order chi connectivity index (χ0) is 16.2. The number of nitrogens with zero attached hydrogens (tertiary/aromatic N) is 4. The molecule has 0 bridgehead atoms. The number of fused-ring (bicyclic) bond motifs is 1. The van der Waals surface area contributed by atoms with Gasteiger partial charge in [0.25, 0.3) is 5.91 Å². The van der Waals surface area contributed by atoms with Crippen molar-refractivity contribution in [1.29, 1.82) is 0 Å². The minimum absolute atomic E-state index is 0.303. The number of para-hydroxylation sites is 1. The molecule has 0 radical (unpaired) electrons. The number of carbonyl (C=O) groups is 1. The highest BCUT2D eigenvalue weighted by Gasteiger charge is 2.19. The van der Waals surface area contributed by atoms with Gasteiger partial charge in [0.15, 0.2) is 0 Å². The van der Waals surface area contributed by atoms with Crippen LogP contribution in [-0.4, -0.2) is 10.9 Å². The fraction of sp³-hybridized carbons (Fsp3) is 0. The van der Waals surface area contributed by atoms with Crippen molar-refractivity contribution < 1.29 is 4.79 Å². The van der Waals surface area contributed by atoms with Crippen molar-refractivity contribution in [2.75, 3.05) is 5.01 Å². The highest BCUT2D eigenvalue weighted by molar-refractivity contribution is 6.11. The van der Waals surface area contributed by atoms with Gasteiger partial charge in [0.1, 0.15) is 5.69 Å². The van der Waals surface area contributed by atoms with Gasteiger partial charge in [-0.1, -0.05) is 35.6 Å². The van der Waals surface area contributed by atoms with E-state index in [9.17, 15) is 4.79 Å². The number of anilines is 1. The lowest BCUT2D eigenvalue weighted by atomic mass is 10.1. The standard InChI is InChI=1S/C16H14N6O/c17-21-20-13-8-2-1-7-12(13)16(23)22(18)14-9-3-5-11-6-4-10-19-15(11)14/h1-10H,18H2,(H2,17,20). The largest absolute Gasteiger partial charge is 0.305 e. The minimum atomic E-state index is -0.425. The first-order valence-corrected chi connectivity index (χ1v) is 6.85. The van der Waals surface area contributed by atoms with Crippen LogP contribution in [0.15, 0.2) is 71.1 Å². The first-order chi connectivity index (χ1) is 11.2. The number of carbonyl (C=O) groups excluding carboxylic acids is 1. The molecular weight excluding hydrogens is 292 g/mol.